The highest BCUT2D eigenvalue weighted by Crippen LogP contribution is 2.26. The first-order chi connectivity index (χ1) is 12.3. The van der Waals surface area contributed by atoms with Crippen LogP contribution in [0.25, 0.3) is 0 Å². The number of rotatable bonds is 6. The van der Waals surface area contributed by atoms with E-state index in [1.165, 1.54) is 45.2 Å². The van der Waals surface area contributed by atoms with E-state index >= 15 is 0 Å². The lowest BCUT2D eigenvalue weighted by atomic mass is 10.2. The molecule has 3 aliphatic rings. The van der Waals surface area contributed by atoms with Crippen molar-refractivity contribution in [1.29, 1.82) is 0 Å². The Morgan fingerprint density at radius 1 is 1.16 bits per heavy atom. The fraction of sp³-hybridized carbons (Fsp3) is 0.947. The number of ether oxygens (including phenoxy) is 1. The van der Waals surface area contributed by atoms with Gasteiger partial charge in [0.15, 0.2) is 5.96 Å². The Morgan fingerprint density at radius 2 is 1.92 bits per heavy atom. The van der Waals surface area contributed by atoms with E-state index in [1.807, 2.05) is 0 Å². The lowest BCUT2D eigenvalue weighted by Gasteiger charge is -2.31. The third kappa shape index (κ3) is 5.56. The first-order valence-corrected chi connectivity index (χ1v) is 10.4. The number of aliphatic imine (C=N–C) groups is 1. The fourth-order valence-electron chi connectivity index (χ4n) is 4.38. The van der Waals surface area contributed by atoms with Gasteiger partial charge >= 0.3 is 0 Å². The molecule has 3 fully saturated rings. The van der Waals surface area contributed by atoms with Crippen LogP contribution in [0.1, 0.15) is 46.0 Å². The molecule has 0 radical (unpaired) electrons. The summed E-state index contributed by atoms with van der Waals surface area (Å²) in [6, 6.07) is 1.85. The lowest BCUT2D eigenvalue weighted by molar-refractivity contribution is 0.0220. The highest BCUT2D eigenvalue weighted by molar-refractivity contribution is 5.80. The zero-order valence-electron chi connectivity index (χ0n) is 16.2. The number of hydrogen-bond donors (Lipinski definition) is 2. The van der Waals surface area contributed by atoms with E-state index in [0.29, 0.717) is 12.1 Å². The molecule has 2 atom stereocenters. The molecule has 0 aromatic rings. The summed E-state index contributed by atoms with van der Waals surface area (Å²) in [4.78, 5) is 10.0. The van der Waals surface area contributed by atoms with Crippen molar-refractivity contribution in [3.05, 3.63) is 0 Å². The third-order valence-corrected chi connectivity index (χ3v) is 5.93. The average molecular weight is 352 g/mol. The molecule has 2 unspecified atom stereocenters. The number of nitrogens with zero attached hydrogens (tertiary/aromatic N) is 3. The van der Waals surface area contributed by atoms with Crippen LogP contribution < -0.4 is 10.6 Å². The fourth-order valence-corrected chi connectivity index (χ4v) is 4.38. The number of hydrogen-bond acceptors (Lipinski definition) is 4. The standard InChI is InChI=1S/C19H37N5O/c1-3-20-19(21-14-16(2)23-10-12-25-13-11-23)22-17-8-9-24(15-17)18-6-4-5-7-18/h16-18H,3-15H2,1-2H3,(H2,20,21,22). The van der Waals surface area contributed by atoms with Crippen LogP contribution in [0.5, 0.6) is 0 Å². The summed E-state index contributed by atoms with van der Waals surface area (Å²) in [6.45, 7) is 12.3. The van der Waals surface area contributed by atoms with Gasteiger partial charge in [0.2, 0.25) is 0 Å². The van der Waals surface area contributed by atoms with Crippen LogP contribution >= 0.6 is 0 Å². The van der Waals surface area contributed by atoms with Crippen LogP contribution in [0.2, 0.25) is 0 Å². The van der Waals surface area contributed by atoms with Crippen LogP contribution in [0.15, 0.2) is 4.99 Å². The Kier molecular flexibility index (Phi) is 7.37. The molecular weight excluding hydrogens is 314 g/mol. The molecule has 2 saturated heterocycles. The van der Waals surface area contributed by atoms with Crippen molar-refractivity contribution in [2.24, 2.45) is 4.99 Å². The molecule has 0 aromatic carbocycles. The SMILES string of the molecule is CCNC(=NCC(C)N1CCOCC1)NC1CCN(C2CCCC2)C1. The lowest BCUT2D eigenvalue weighted by Crippen LogP contribution is -2.47. The molecule has 6 nitrogen and oxygen atoms in total. The van der Waals surface area contributed by atoms with Crippen LogP contribution in [0.3, 0.4) is 0 Å². The molecular formula is C19H37N5O. The Bertz CT molecular complexity index is 418. The minimum Gasteiger partial charge on any atom is -0.379 e. The summed E-state index contributed by atoms with van der Waals surface area (Å²) in [5, 5.41) is 7.11. The van der Waals surface area contributed by atoms with Crippen LogP contribution in [-0.2, 0) is 4.74 Å². The average Bonchev–Trinajstić information content (AvgIpc) is 3.32. The normalized spacial score (nSPS) is 28.4. The Labute approximate surface area is 153 Å². The molecule has 0 spiro atoms. The monoisotopic (exact) mass is 351 g/mol. The Hall–Kier alpha value is -0.850. The summed E-state index contributed by atoms with van der Waals surface area (Å²) in [7, 11) is 0. The second-order valence-corrected chi connectivity index (χ2v) is 7.78. The molecule has 2 aliphatic heterocycles. The van der Waals surface area contributed by atoms with Gasteiger partial charge in [0.05, 0.1) is 19.8 Å². The predicted octanol–water partition coefficient (Wildman–Crippen LogP) is 1.28. The molecule has 3 rings (SSSR count). The second-order valence-electron chi connectivity index (χ2n) is 7.78. The number of nitrogens with one attached hydrogen (secondary N) is 2. The molecule has 0 aromatic heterocycles. The van der Waals surface area contributed by atoms with Gasteiger partial charge in [0, 0.05) is 50.8 Å². The highest BCUT2D eigenvalue weighted by Gasteiger charge is 2.30. The molecule has 6 heteroatoms. The first kappa shape index (κ1) is 18.9. The van der Waals surface area contributed by atoms with Crippen molar-refractivity contribution in [3.8, 4) is 0 Å². The van der Waals surface area contributed by atoms with E-state index in [2.05, 4.69) is 34.3 Å². The molecule has 2 heterocycles. The number of guanidine groups is 1. The second kappa shape index (κ2) is 9.74. The summed E-state index contributed by atoms with van der Waals surface area (Å²) >= 11 is 0. The maximum atomic E-state index is 5.45. The summed E-state index contributed by atoms with van der Waals surface area (Å²) in [5.74, 6) is 0.987. The van der Waals surface area contributed by atoms with Crippen molar-refractivity contribution in [2.75, 3.05) is 52.5 Å². The van der Waals surface area contributed by atoms with Crippen molar-refractivity contribution >= 4 is 5.96 Å². The van der Waals surface area contributed by atoms with Gasteiger partial charge in [-0.05, 0) is 33.1 Å². The van der Waals surface area contributed by atoms with Gasteiger partial charge in [-0.1, -0.05) is 12.8 Å². The van der Waals surface area contributed by atoms with E-state index in [4.69, 9.17) is 9.73 Å². The van der Waals surface area contributed by atoms with E-state index in [9.17, 15) is 0 Å². The van der Waals surface area contributed by atoms with Gasteiger partial charge in [-0.15, -0.1) is 0 Å². The van der Waals surface area contributed by atoms with Gasteiger partial charge in [-0.3, -0.25) is 14.8 Å². The Morgan fingerprint density at radius 3 is 2.64 bits per heavy atom. The van der Waals surface area contributed by atoms with Crippen molar-refractivity contribution < 1.29 is 4.74 Å². The summed E-state index contributed by atoms with van der Waals surface area (Å²) in [5.41, 5.74) is 0. The summed E-state index contributed by atoms with van der Waals surface area (Å²) < 4.78 is 5.45. The largest absolute Gasteiger partial charge is 0.379 e. The summed E-state index contributed by atoms with van der Waals surface area (Å²) in [6.07, 6.45) is 6.88. The quantitative estimate of drug-likeness (QED) is 0.558. The van der Waals surface area contributed by atoms with Crippen LogP contribution in [0, 0.1) is 0 Å². The smallest absolute Gasteiger partial charge is 0.191 e. The zero-order valence-corrected chi connectivity index (χ0v) is 16.2. The molecule has 0 bridgehead atoms. The zero-order chi connectivity index (χ0) is 17.5. The van der Waals surface area contributed by atoms with E-state index in [0.717, 1.165) is 51.4 Å². The maximum absolute atomic E-state index is 5.45. The first-order valence-electron chi connectivity index (χ1n) is 10.4. The molecule has 144 valence electrons. The number of morpholine rings is 1. The minimum atomic E-state index is 0.470. The van der Waals surface area contributed by atoms with Gasteiger partial charge < -0.3 is 15.4 Å². The van der Waals surface area contributed by atoms with Crippen molar-refractivity contribution in [1.82, 2.24) is 20.4 Å². The molecule has 1 saturated carbocycles. The van der Waals surface area contributed by atoms with Crippen molar-refractivity contribution in [2.45, 2.75) is 64.1 Å². The maximum Gasteiger partial charge on any atom is 0.191 e. The van der Waals surface area contributed by atoms with Crippen LogP contribution in [0.4, 0.5) is 0 Å². The number of likely N-dealkylation sites (tertiary alicyclic amines) is 1. The Balaban J connectivity index is 1.46. The van der Waals surface area contributed by atoms with E-state index in [-0.39, 0.29) is 0 Å². The molecule has 0 amide bonds. The minimum absolute atomic E-state index is 0.470. The van der Waals surface area contributed by atoms with Crippen LogP contribution in [-0.4, -0.2) is 86.4 Å². The van der Waals surface area contributed by atoms with Gasteiger partial charge in [-0.25, -0.2) is 0 Å². The van der Waals surface area contributed by atoms with Gasteiger partial charge in [-0.2, -0.15) is 0 Å². The van der Waals surface area contributed by atoms with Gasteiger partial charge in [0.25, 0.3) is 0 Å². The molecule has 1 aliphatic carbocycles. The highest BCUT2D eigenvalue weighted by atomic mass is 16.5. The molecule has 2 N–H and O–H groups in total. The van der Waals surface area contributed by atoms with E-state index < -0.39 is 0 Å². The van der Waals surface area contributed by atoms with E-state index in [1.54, 1.807) is 0 Å². The predicted molar refractivity (Wildman–Crippen MR) is 103 cm³/mol. The van der Waals surface area contributed by atoms with Crippen molar-refractivity contribution in [3.63, 3.8) is 0 Å². The topological polar surface area (TPSA) is 52.1 Å². The van der Waals surface area contributed by atoms with Gasteiger partial charge in [0.1, 0.15) is 0 Å². The molecule has 25 heavy (non-hydrogen) atoms. The third-order valence-electron chi connectivity index (χ3n) is 5.93.